The van der Waals surface area contributed by atoms with E-state index in [-0.39, 0.29) is 5.43 Å². The number of aromatic nitrogens is 1. The topological polar surface area (TPSA) is 31.2 Å². The first-order valence-corrected chi connectivity index (χ1v) is 7.62. The lowest BCUT2D eigenvalue weighted by Gasteiger charge is -2.24. The number of benzene rings is 2. The molecule has 4 rings (SSSR count). The third-order valence-electron chi connectivity index (χ3n) is 4.20. The first-order chi connectivity index (χ1) is 10.8. The third-order valence-corrected chi connectivity index (χ3v) is 4.20. The van der Waals surface area contributed by atoms with Crippen molar-refractivity contribution in [3.63, 3.8) is 0 Å². The van der Waals surface area contributed by atoms with Gasteiger partial charge >= 0.3 is 0 Å². The van der Waals surface area contributed by atoms with Gasteiger partial charge in [0.1, 0.15) is 0 Å². The van der Waals surface area contributed by atoms with Gasteiger partial charge in [-0.05, 0) is 49.6 Å². The fourth-order valence-corrected chi connectivity index (χ4v) is 3.15. The Kier molecular flexibility index (Phi) is 3.00. The molecule has 0 radical (unpaired) electrons. The van der Waals surface area contributed by atoms with Gasteiger partial charge in [0.05, 0.1) is 17.7 Å². The Balaban J connectivity index is 2.19. The molecule has 2 heterocycles. The Morgan fingerprint density at radius 3 is 2.73 bits per heavy atom. The smallest absolute Gasteiger partial charge is 0.205 e. The molecule has 0 saturated carbocycles. The van der Waals surface area contributed by atoms with Crippen LogP contribution in [0.25, 0.3) is 16.6 Å². The lowest BCUT2D eigenvalue weighted by molar-refractivity contribution is 0.270. The van der Waals surface area contributed by atoms with Gasteiger partial charge in [0.25, 0.3) is 0 Å². The Morgan fingerprint density at radius 2 is 1.91 bits per heavy atom. The second-order valence-corrected chi connectivity index (χ2v) is 5.76. The summed E-state index contributed by atoms with van der Waals surface area (Å²) in [5.74, 6) is 0.709. The quantitative estimate of drug-likeness (QED) is 0.685. The van der Waals surface area contributed by atoms with Gasteiger partial charge in [0, 0.05) is 11.1 Å². The van der Waals surface area contributed by atoms with E-state index in [1.807, 2.05) is 49.4 Å². The van der Waals surface area contributed by atoms with Gasteiger partial charge in [-0.25, -0.2) is 0 Å². The van der Waals surface area contributed by atoms with Gasteiger partial charge in [-0.15, -0.1) is 0 Å². The van der Waals surface area contributed by atoms with Crippen molar-refractivity contribution >= 4 is 10.9 Å². The van der Waals surface area contributed by atoms with Gasteiger partial charge < -0.3 is 4.74 Å². The van der Waals surface area contributed by atoms with Crippen LogP contribution < -0.4 is 10.2 Å². The lowest BCUT2D eigenvalue weighted by atomic mass is 10.0. The summed E-state index contributed by atoms with van der Waals surface area (Å²) in [7, 11) is 0. The van der Waals surface area contributed by atoms with Crippen molar-refractivity contribution in [2.75, 3.05) is 6.61 Å². The molecular formula is C19H17NO2. The van der Waals surface area contributed by atoms with Crippen molar-refractivity contribution < 1.29 is 4.74 Å². The molecular weight excluding hydrogens is 274 g/mol. The predicted molar refractivity (Wildman–Crippen MR) is 88.1 cm³/mol. The van der Waals surface area contributed by atoms with E-state index < -0.39 is 0 Å². The number of rotatable bonds is 1. The molecule has 0 amide bonds. The average molecular weight is 291 g/mol. The van der Waals surface area contributed by atoms with Crippen LogP contribution in [0.4, 0.5) is 0 Å². The van der Waals surface area contributed by atoms with Crippen LogP contribution in [0.2, 0.25) is 0 Å². The summed E-state index contributed by atoms with van der Waals surface area (Å²) in [6.45, 7) is 2.70. The molecule has 0 bridgehead atoms. The molecule has 0 spiro atoms. The van der Waals surface area contributed by atoms with Crippen LogP contribution >= 0.6 is 0 Å². The number of hydrogen-bond acceptors (Lipinski definition) is 2. The summed E-state index contributed by atoms with van der Waals surface area (Å²) in [4.78, 5) is 12.8. The molecule has 3 nitrogen and oxygen atoms in total. The molecule has 0 fully saturated rings. The molecule has 1 aliphatic heterocycles. The van der Waals surface area contributed by atoms with E-state index in [9.17, 15) is 4.79 Å². The minimum Gasteiger partial charge on any atom is -0.478 e. The SMILES string of the molecule is Cc1ccc2c(=O)c3c(n(-c4ccccc4)c2c1)OCCC3. The maximum Gasteiger partial charge on any atom is 0.205 e. The van der Waals surface area contributed by atoms with Gasteiger partial charge in [-0.1, -0.05) is 24.3 Å². The first kappa shape index (κ1) is 13.1. The first-order valence-electron chi connectivity index (χ1n) is 7.62. The van der Waals surface area contributed by atoms with Crippen LogP contribution in [0, 0.1) is 6.92 Å². The Morgan fingerprint density at radius 1 is 1.09 bits per heavy atom. The second-order valence-electron chi connectivity index (χ2n) is 5.76. The standard InChI is InChI=1S/C19H17NO2/c1-13-9-10-15-17(12-13)20(14-6-3-2-4-7-14)19-16(18(15)21)8-5-11-22-19/h2-4,6-7,9-10,12H,5,8,11H2,1H3. The zero-order valence-corrected chi connectivity index (χ0v) is 12.5. The number of para-hydroxylation sites is 1. The third kappa shape index (κ3) is 1.93. The fourth-order valence-electron chi connectivity index (χ4n) is 3.15. The normalized spacial score (nSPS) is 13.7. The number of pyridine rings is 1. The molecule has 0 saturated heterocycles. The summed E-state index contributed by atoms with van der Waals surface area (Å²) < 4.78 is 7.98. The van der Waals surface area contributed by atoms with E-state index >= 15 is 0 Å². The highest BCUT2D eigenvalue weighted by Crippen LogP contribution is 2.30. The summed E-state index contributed by atoms with van der Waals surface area (Å²) in [6.07, 6.45) is 1.68. The van der Waals surface area contributed by atoms with Crippen LogP contribution in [0.3, 0.4) is 0 Å². The van der Waals surface area contributed by atoms with Crippen molar-refractivity contribution in [3.8, 4) is 11.6 Å². The van der Waals surface area contributed by atoms with Crippen LogP contribution in [0.15, 0.2) is 53.3 Å². The molecule has 110 valence electrons. The number of fused-ring (bicyclic) bond motifs is 2. The summed E-state index contributed by atoms with van der Waals surface area (Å²) >= 11 is 0. The van der Waals surface area contributed by atoms with Crippen LogP contribution in [0.5, 0.6) is 5.88 Å². The number of nitrogens with zero attached hydrogens (tertiary/aromatic N) is 1. The number of ether oxygens (including phenoxy) is 1. The molecule has 0 N–H and O–H groups in total. The molecule has 22 heavy (non-hydrogen) atoms. The van der Waals surface area contributed by atoms with Crippen LogP contribution in [0.1, 0.15) is 17.5 Å². The van der Waals surface area contributed by atoms with Crippen molar-refractivity contribution in [2.45, 2.75) is 19.8 Å². The van der Waals surface area contributed by atoms with Crippen molar-refractivity contribution in [3.05, 3.63) is 69.9 Å². The van der Waals surface area contributed by atoms with E-state index in [0.29, 0.717) is 12.5 Å². The molecule has 3 heteroatoms. The summed E-state index contributed by atoms with van der Waals surface area (Å²) in [5, 5.41) is 0.763. The van der Waals surface area contributed by atoms with Gasteiger partial charge in [0.15, 0.2) is 5.43 Å². The molecule has 0 atom stereocenters. The molecule has 1 aromatic heterocycles. The fraction of sp³-hybridized carbons (Fsp3) is 0.211. The minimum absolute atomic E-state index is 0.108. The summed E-state index contributed by atoms with van der Waals surface area (Å²) in [5.41, 5.74) is 3.98. The second kappa shape index (κ2) is 5.02. The Labute approximate surface area is 128 Å². The number of hydrogen-bond donors (Lipinski definition) is 0. The summed E-state index contributed by atoms with van der Waals surface area (Å²) in [6, 6.07) is 16.1. The predicted octanol–water partition coefficient (Wildman–Crippen LogP) is 3.62. The average Bonchev–Trinajstić information content (AvgIpc) is 2.56. The lowest BCUT2D eigenvalue weighted by Crippen LogP contribution is -2.23. The highest BCUT2D eigenvalue weighted by molar-refractivity contribution is 5.83. The Bertz CT molecular complexity index is 910. The van der Waals surface area contributed by atoms with Gasteiger partial charge in [-0.3, -0.25) is 9.36 Å². The number of aryl methyl sites for hydroxylation is 1. The van der Waals surface area contributed by atoms with Gasteiger partial charge in [-0.2, -0.15) is 0 Å². The maximum atomic E-state index is 12.8. The zero-order chi connectivity index (χ0) is 15.1. The van der Waals surface area contributed by atoms with E-state index in [2.05, 4.69) is 10.6 Å². The molecule has 1 aliphatic rings. The van der Waals surface area contributed by atoms with E-state index in [0.717, 1.165) is 40.6 Å². The molecule has 3 aromatic rings. The maximum absolute atomic E-state index is 12.8. The van der Waals surface area contributed by atoms with Crippen molar-refractivity contribution in [1.29, 1.82) is 0 Å². The van der Waals surface area contributed by atoms with E-state index in [1.54, 1.807) is 0 Å². The minimum atomic E-state index is 0.108. The highest BCUT2D eigenvalue weighted by atomic mass is 16.5. The highest BCUT2D eigenvalue weighted by Gasteiger charge is 2.22. The van der Waals surface area contributed by atoms with E-state index in [1.165, 1.54) is 0 Å². The van der Waals surface area contributed by atoms with Crippen molar-refractivity contribution in [2.24, 2.45) is 0 Å². The van der Waals surface area contributed by atoms with E-state index in [4.69, 9.17) is 4.74 Å². The van der Waals surface area contributed by atoms with Crippen LogP contribution in [-0.2, 0) is 6.42 Å². The largest absolute Gasteiger partial charge is 0.478 e. The molecule has 0 aliphatic carbocycles. The zero-order valence-electron chi connectivity index (χ0n) is 12.5. The molecule has 2 aromatic carbocycles. The van der Waals surface area contributed by atoms with Crippen LogP contribution in [-0.4, -0.2) is 11.2 Å². The van der Waals surface area contributed by atoms with Gasteiger partial charge in [0.2, 0.25) is 5.88 Å². The Hall–Kier alpha value is -2.55. The molecule has 0 unspecified atom stereocenters. The monoisotopic (exact) mass is 291 g/mol. The van der Waals surface area contributed by atoms with Crippen molar-refractivity contribution in [1.82, 2.24) is 4.57 Å².